The summed E-state index contributed by atoms with van der Waals surface area (Å²) in [6, 6.07) is 14.9. The second kappa shape index (κ2) is 10.1. The quantitative estimate of drug-likeness (QED) is 0.426. The molecule has 0 spiro atoms. The summed E-state index contributed by atoms with van der Waals surface area (Å²) in [7, 11) is 0. The number of thioether (sulfide) groups is 1. The van der Waals surface area contributed by atoms with E-state index in [1.54, 1.807) is 0 Å². The van der Waals surface area contributed by atoms with Crippen molar-refractivity contribution in [2.75, 3.05) is 6.54 Å². The van der Waals surface area contributed by atoms with Gasteiger partial charge in [-0.05, 0) is 73.8 Å². The summed E-state index contributed by atoms with van der Waals surface area (Å²) in [5.41, 5.74) is 2.20. The minimum atomic E-state index is -1.04. The highest BCUT2D eigenvalue weighted by molar-refractivity contribution is 8.18. The van der Waals surface area contributed by atoms with Crippen LogP contribution in [0.4, 0.5) is 0 Å². The Bertz CT molecular complexity index is 1240. The Morgan fingerprint density at radius 1 is 1.06 bits per heavy atom. The Balaban J connectivity index is 1.87. The van der Waals surface area contributed by atoms with Crippen LogP contribution in [-0.2, 0) is 15.1 Å². The molecule has 0 bridgehead atoms. The van der Waals surface area contributed by atoms with Gasteiger partial charge in [0.1, 0.15) is 17.0 Å². The summed E-state index contributed by atoms with van der Waals surface area (Å²) in [6.07, 6.45) is 0. The van der Waals surface area contributed by atoms with E-state index >= 15 is 0 Å². The number of carbonyl (C=O) groups is 2. The molecule has 1 amide bonds. The molecule has 2 aromatic carbocycles. The van der Waals surface area contributed by atoms with Crippen molar-refractivity contribution in [3.8, 4) is 0 Å². The predicted molar refractivity (Wildman–Crippen MR) is 146 cm³/mol. The average molecular weight is 547 g/mol. The Morgan fingerprint density at radius 3 is 2.11 bits per heavy atom. The van der Waals surface area contributed by atoms with Gasteiger partial charge in [-0.25, -0.2) is 4.99 Å². The van der Waals surface area contributed by atoms with Crippen LogP contribution in [0.1, 0.15) is 51.8 Å². The van der Waals surface area contributed by atoms with Gasteiger partial charge in [-0.1, -0.05) is 61.3 Å². The molecule has 0 radical (unpaired) electrons. The fourth-order valence-electron chi connectivity index (χ4n) is 4.83. The molecule has 1 N–H and O–H groups in total. The summed E-state index contributed by atoms with van der Waals surface area (Å²) in [4.78, 5) is 34.5. The Hall–Kier alpha value is -2.48. The van der Waals surface area contributed by atoms with Crippen molar-refractivity contribution in [2.24, 2.45) is 10.9 Å². The Labute approximate surface area is 226 Å². The lowest BCUT2D eigenvalue weighted by Gasteiger charge is -2.37. The van der Waals surface area contributed by atoms with E-state index in [-0.39, 0.29) is 30.5 Å². The first-order chi connectivity index (χ1) is 16.9. The maximum absolute atomic E-state index is 13.7. The van der Waals surface area contributed by atoms with Crippen LogP contribution in [0.3, 0.4) is 0 Å². The van der Waals surface area contributed by atoms with Gasteiger partial charge in [-0.2, -0.15) is 0 Å². The molecule has 6 nitrogen and oxygen atoms in total. The SMILES string of the molecule is CC(C)C1=C(C(=O)N(CC(=O)O)C(C)C)SC2=N[C@@](C)(c3ccc(Cl)cc3)[C@@H](c3ccc(Cl)cc3)N21. The summed E-state index contributed by atoms with van der Waals surface area (Å²) in [6.45, 7) is 9.46. The lowest BCUT2D eigenvalue weighted by atomic mass is 9.81. The molecule has 4 rings (SSSR count). The van der Waals surface area contributed by atoms with E-state index in [0.29, 0.717) is 15.0 Å². The molecule has 0 fully saturated rings. The Morgan fingerprint density at radius 2 is 1.61 bits per heavy atom. The predicted octanol–water partition coefficient (Wildman–Crippen LogP) is 6.56. The second-order valence-corrected chi connectivity index (χ2v) is 11.6. The van der Waals surface area contributed by atoms with Crippen LogP contribution in [0, 0.1) is 5.92 Å². The highest BCUT2D eigenvalue weighted by Gasteiger charge is 2.53. The molecule has 2 atom stereocenters. The third-order valence-electron chi connectivity index (χ3n) is 6.56. The number of allylic oxidation sites excluding steroid dienone is 1. The Kier molecular flexibility index (Phi) is 7.47. The van der Waals surface area contributed by atoms with Crippen molar-refractivity contribution in [1.29, 1.82) is 0 Å². The van der Waals surface area contributed by atoms with Crippen molar-refractivity contribution >= 4 is 52.0 Å². The number of carboxylic acid groups (broad SMARTS) is 1. The summed E-state index contributed by atoms with van der Waals surface area (Å²) in [5.74, 6) is -1.34. The first kappa shape index (κ1) is 26.6. The number of hydrogen-bond acceptors (Lipinski definition) is 5. The number of carboxylic acids is 1. The molecule has 190 valence electrons. The number of halogens is 2. The van der Waals surface area contributed by atoms with Crippen LogP contribution in [-0.4, -0.2) is 44.5 Å². The van der Waals surface area contributed by atoms with Crippen LogP contribution in [0.5, 0.6) is 0 Å². The van der Waals surface area contributed by atoms with Crippen LogP contribution in [0.15, 0.2) is 64.1 Å². The molecule has 0 aliphatic carbocycles. The molecule has 2 heterocycles. The van der Waals surface area contributed by atoms with E-state index in [0.717, 1.165) is 22.0 Å². The van der Waals surface area contributed by atoms with Crippen molar-refractivity contribution in [3.63, 3.8) is 0 Å². The third-order valence-corrected chi connectivity index (χ3v) is 8.12. The summed E-state index contributed by atoms with van der Waals surface area (Å²) < 4.78 is 0. The molecule has 0 aromatic heterocycles. The number of rotatable bonds is 7. The molecule has 9 heteroatoms. The first-order valence-corrected chi connectivity index (χ1v) is 13.4. The van der Waals surface area contributed by atoms with Gasteiger partial charge in [0.2, 0.25) is 0 Å². The number of hydrogen-bond donors (Lipinski definition) is 1. The highest BCUT2D eigenvalue weighted by atomic mass is 35.5. The number of carbonyl (C=O) groups excluding carboxylic acids is 1. The minimum absolute atomic E-state index is 0.00893. The monoisotopic (exact) mass is 545 g/mol. The maximum Gasteiger partial charge on any atom is 0.323 e. The fraction of sp³-hybridized carbons (Fsp3) is 0.370. The zero-order chi connectivity index (χ0) is 26.4. The van der Waals surface area contributed by atoms with E-state index < -0.39 is 11.5 Å². The number of aliphatic imine (C=N–C) groups is 1. The number of amides is 1. The minimum Gasteiger partial charge on any atom is -0.480 e. The van der Waals surface area contributed by atoms with Gasteiger partial charge in [0.15, 0.2) is 5.17 Å². The van der Waals surface area contributed by atoms with Gasteiger partial charge in [-0.15, -0.1) is 0 Å². The molecule has 0 saturated carbocycles. The molecule has 2 aromatic rings. The fourth-order valence-corrected chi connectivity index (χ4v) is 6.44. The lowest BCUT2D eigenvalue weighted by molar-refractivity contribution is -0.143. The zero-order valence-corrected chi connectivity index (χ0v) is 23.2. The van der Waals surface area contributed by atoms with Crippen molar-refractivity contribution in [3.05, 3.63) is 80.3 Å². The van der Waals surface area contributed by atoms with Crippen molar-refractivity contribution in [2.45, 2.75) is 52.2 Å². The highest BCUT2D eigenvalue weighted by Crippen LogP contribution is 2.56. The van der Waals surface area contributed by atoms with Crippen LogP contribution in [0.2, 0.25) is 10.0 Å². The van der Waals surface area contributed by atoms with Gasteiger partial charge < -0.3 is 14.9 Å². The molecule has 0 unspecified atom stereocenters. The number of aliphatic carboxylic acids is 1. The number of fused-ring (bicyclic) bond motifs is 1. The van der Waals surface area contributed by atoms with Gasteiger partial charge >= 0.3 is 5.97 Å². The first-order valence-electron chi connectivity index (χ1n) is 11.8. The van der Waals surface area contributed by atoms with Gasteiger partial charge in [0, 0.05) is 21.8 Å². The van der Waals surface area contributed by atoms with Crippen LogP contribution in [0.25, 0.3) is 0 Å². The second-order valence-electron chi connectivity index (χ2n) is 9.76. The largest absolute Gasteiger partial charge is 0.480 e. The molecule has 2 aliphatic rings. The lowest BCUT2D eigenvalue weighted by Crippen LogP contribution is -2.41. The topological polar surface area (TPSA) is 73.2 Å². The summed E-state index contributed by atoms with van der Waals surface area (Å²) in [5, 5.41) is 11.4. The van der Waals surface area contributed by atoms with Crippen molar-refractivity contribution in [1.82, 2.24) is 9.80 Å². The van der Waals surface area contributed by atoms with E-state index in [1.165, 1.54) is 16.7 Å². The molecule has 0 saturated heterocycles. The van der Waals surface area contributed by atoms with E-state index in [4.69, 9.17) is 28.2 Å². The maximum atomic E-state index is 13.7. The third kappa shape index (κ3) is 4.76. The number of amidine groups is 1. The van der Waals surface area contributed by atoms with Crippen LogP contribution >= 0.6 is 35.0 Å². The molecular weight excluding hydrogens is 517 g/mol. The summed E-state index contributed by atoms with van der Waals surface area (Å²) >= 11 is 13.7. The van der Waals surface area contributed by atoms with Gasteiger partial charge in [0.05, 0.1) is 6.04 Å². The standard InChI is InChI=1S/C27H29Cl2N3O3S/c1-15(2)22-23(25(35)31(16(3)4)14-21(33)34)36-26-30-27(5,18-8-12-20(29)13-9-18)24(32(22)26)17-6-10-19(28)11-7-17/h6-13,15-16,24H,14H2,1-5H3,(H,33,34)/t24-,27+/m1/s1. The van der Waals surface area contributed by atoms with E-state index in [1.807, 2.05) is 76.2 Å². The van der Waals surface area contributed by atoms with Gasteiger partial charge in [-0.3, -0.25) is 9.59 Å². The van der Waals surface area contributed by atoms with E-state index in [2.05, 4.69) is 11.8 Å². The number of nitrogens with zero attached hydrogens (tertiary/aromatic N) is 3. The molecule has 2 aliphatic heterocycles. The zero-order valence-electron chi connectivity index (χ0n) is 20.8. The average Bonchev–Trinajstić information content (AvgIpc) is 3.30. The van der Waals surface area contributed by atoms with Crippen molar-refractivity contribution < 1.29 is 14.7 Å². The van der Waals surface area contributed by atoms with E-state index in [9.17, 15) is 14.7 Å². The molecule has 36 heavy (non-hydrogen) atoms. The molecular formula is C27H29Cl2N3O3S. The van der Waals surface area contributed by atoms with Crippen LogP contribution < -0.4 is 0 Å². The smallest absolute Gasteiger partial charge is 0.323 e. The normalized spacial score (nSPS) is 21.3. The van der Waals surface area contributed by atoms with Gasteiger partial charge in [0.25, 0.3) is 5.91 Å². The number of benzene rings is 2.